The van der Waals surface area contributed by atoms with Crippen molar-refractivity contribution in [3.8, 4) is 11.4 Å². The molecule has 10 N–H and O–H groups in total. The van der Waals surface area contributed by atoms with E-state index in [9.17, 15) is 29.7 Å². The Morgan fingerprint density at radius 3 is 1.98 bits per heavy atom. The number of aromatic nitrogens is 2. The fourth-order valence-corrected chi connectivity index (χ4v) is 5.36. The van der Waals surface area contributed by atoms with Gasteiger partial charge in [0.1, 0.15) is 29.8 Å². The Labute approximate surface area is 272 Å². The second-order valence-electron chi connectivity index (χ2n) is 11.6. The summed E-state index contributed by atoms with van der Waals surface area (Å²) in [4.78, 5) is 44.0. The smallest absolute Gasteiger partial charge is 0.335 e. The summed E-state index contributed by atoms with van der Waals surface area (Å²) < 4.78 is 0. The molecule has 1 saturated carbocycles. The van der Waals surface area contributed by atoms with Gasteiger partial charge in [-0.2, -0.15) is 0 Å². The average Bonchev–Trinajstić information content (AvgIpc) is 3.32. The number of imidazole rings is 1. The van der Waals surface area contributed by atoms with E-state index in [0.29, 0.717) is 18.2 Å². The summed E-state index contributed by atoms with van der Waals surface area (Å²) in [6, 6.07) is 13.0. The van der Waals surface area contributed by atoms with E-state index in [0.717, 1.165) is 30.2 Å². The first-order chi connectivity index (χ1) is 22.4. The number of amides is 1. The van der Waals surface area contributed by atoms with Crippen molar-refractivity contribution in [1.29, 1.82) is 0 Å². The van der Waals surface area contributed by atoms with Crippen LogP contribution in [-0.2, 0) is 6.42 Å². The topological polar surface area (TPSA) is 246 Å². The van der Waals surface area contributed by atoms with Crippen LogP contribution in [0.1, 0.15) is 75.4 Å². The zero-order valence-corrected chi connectivity index (χ0v) is 26.2. The number of rotatable bonds is 13. The SMILES string of the molecule is CNC[C@H](O)[C@@H](O)[C@H](O)[C@H](O)CO.O=C(O)c1cc(NC(=O)c2nc(-c3ccccc3)[nH]c2CC2CCCCCC2)cc(C(=O)O)c1. The zero-order valence-electron chi connectivity index (χ0n) is 26.2. The second-order valence-corrected chi connectivity index (χ2v) is 11.6. The normalized spacial score (nSPS) is 16.1. The van der Waals surface area contributed by atoms with E-state index in [-0.39, 0.29) is 29.1 Å². The van der Waals surface area contributed by atoms with Gasteiger partial charge in [0.25, 0.3) is 5.91 Å². The third kappa shape index (κ3) is 10.9. The first kappa shape index (κ1) is 37.3. The lowest BCUT2D eigenvalue weighted by atomic mass is 9.94. The molecule has 0 unspecified atom stereocenters. The van der Waals surface area contributed by atoms with Crippen molar-refractivity contribution in [3.05, 3.63) is 71.0 Å². The summed E-state index contributed by atoms with van der Waals surface area (Å²) in [5.41, 5.74) is 1.47. The van der Waals surface area contributed by atoms with Crippen LogP contribution in [0.4, 0.5) is 5.69 Å². The van der Waals surface area contributed by atoms with Gasteiger partial charge in [-0.05, 0) is 37.6 Å². The predicted molar refractivity (Wildman–Crippen MR) is 172 cm³/mol. The van der Waals surface area contributed by atoms with Gasteiger partial charge in [0.15, 0.2) is 0 Å². The first-order valence-electron chi connectivity index (χ1n) is 15.5. The fourth-order valence-electron chi connectivity index (χ4n) is 5.36. The van der Waals surface area contributed by atoms with E-state index in [1.54, 1.807) is 7.05 Å². The molecule has 3 aromatic rings. The quantitative estimate of drug-likeness (QED) is 0.119. The molecule has 1 aliphatic carbocycles. The monoisotopic (exact) mass is 656 g/mol. The number of aromatic amines is 1. The van der Waals surface area contributed by atoms with Crippen LogP contribution >= 0.6 is 0 Å². The van der Waals surface area contributed by atoms with E-state index in [1.165, 1.54) is 37.8 Å². The van der Waals surface area contributed by atoms with Gasteiger partial charge in [0.2, 0.25) is 0 Å². The number of aliphatic hydroxyl groups excluding tert-OH is 5. The van der Waals surface area contributed by atoms with Crippen LogP contribution in [0.5, 0.6) is 0 Å². The van der Waals surface area contributed by atoms with Gasteiger partial charge in [-0.15, -0.1) is 0 Å². The van der Waals surface area contributed by atoms with Crippen molar-refractivity contribution in [3.63, 3.8) is 0 Å². The Balaban J connectivity index is 0.000000392. The van der Waals surface area contributed by atoms with Gasteiger partial charge in [0.05, 0.1) is 23.8 Å². The summed E-state index contributed by atoms with van der Waals surface area (Å²) >= 11 is 0. The number of carbonyl (C=O) groups is 3. The summed E-state index contributed by atoms with van der Waals surface area (Å²) in [6.07, 6.45) is 2.05. The molecule has 14 heteroatoms. The molecule has 0 spiro atoms. The van der Waals surface area contributed by atoms with Crippen LogP contribution in [0.25, 0.3) is 11.4 Å². The van der Waals surface area contributed by atoms with E-state index in [4.69, 9.17) is 20.4 Å². The number of anilines is 1. The molecule has 0 bridgehead atoms. The molecule has 1 amide bonds. The lowest BCUT2D eigenvalue weighted by Crippen LogP contribution is -2.48. The zero-order chi connectivity index (χ0) is 34.5. The maximum absolute atomic E-state index is 13.3. The second kappa shape index (κ2) is 18.2. The standard InChI is InChI=1S/C26H27N3O5.C7H17NO5/c30-24(27-20-14-18(25(31)32)13-19(15-20)26(33)34)22-21(12-16-8-4-1-2-5-9-16)28-23(29-22)17-10-6-3-7-11-17;1-8-2-4(10)6(12)7(13)5(11)3-9/h3,6-7,10-11,13-16H,1-2,4-5,8-9,12H2,(H,27,30)(H,28,29)(H,31,32)(H,33,34);4-13H,2-3H2,1H3/t;4-,5+,6+,7+/m.0/s1. The first-order valence-corrected chi connectivity index (χ1v) is 15.5. The molecule has 2 aromatic carbocycles. The number of hydrogen-bond acceptors (Lipinski definition) is 10. The molecule has 1 aliphatic rings. The number of benzene rings is 2. The van der Waals surface area contributed by atoms with Crippen LogP contribution in [-0.4, -0.2) is 108 Å². The molecular weight excluding hydrogens is 612 g/mol. The summed E-state index contributed by atoms with van der Waals surface area (Å²) in [6.45, 7) is -0.569. The molecule has 1 heterocycles. The highest BCUT2D eigenvalue weighted by atomic mass is 16.4. The average molecular weight is 657 g/mol. The Hall–Kier alpha value is -4.18. The summed E-state index contributed by atoms with van der Waals surface area (Å²) in [5.74, 6) is -2.04. The summed E-state index contributed by atoms with van der Waals surface area (Å²) in [7, 11) is 1.57. The molecule has 1 fully saturated rings. The van der Waals surface area contributed by atoms with E-state index < -0.39 is 48.9 Å². The van der Waals surface area contributed by atoms with Crippen molar-refractivity contribution in [2.45, 2.75) is 69.4 Å². The molecular formula is C33H44N4O10. The molecule has 4 atom stereocenters. The Morgan fingerprint density at radius 2 is 1.45 bits per heavy atom. The van der Waals surface area contributed by atoms with E-state index in [2.05, 4.69) is 20.6 Å². The highest BCUT2D eigenvalue weighted by molar-refractivity contribution is 6.05. The molecule has 1 aromatic heterocycles. The van der Waals surface area contributed by atoms with Crippen LogP contribution in [0.15, 0.2) is 48.5 Å². The van der Waals surface area contributed by atoms with Crippen LogP contribution < -0.4 is 10.6 Å². The van der Waals surface area contributed by atoms with Crippen LogP contribution in [0.2, 0.25) is 0 Å². The van der Waals surface area contributed by atoms with E-state index in [1.807, 2.05) is 30.3 Å². The number of nitrogens with zero attached hydrogens (tertiary/aromatic N) is 1. The van der Waals surface area contributed by atoms with Crippen LogP contribution in [0.3, 0.4) is 0 Å². The maximum Gasteiger partial charge on any atom is 0.335 e. The van der Waals surface area contributed by atoms with Gasteiger partial charge in [0, 0.05) is 23.5 Å². The Bertz CT molecular complexity index is 1420. The maximum atomic E-state index is 13.3. The van der Waals surface area contributed by atoms with E-state index >= 15 is 0 Å². The molecule has 0 radical (unpaired) electrons. The molecule has 47 heavy (non-hydrogen) atoms. The molecule has 14 nitrogen and oxygen atoms in total. The number of likely N-dealkylation sites (N-methyl/N-ethyl adjacent to an activating group) is 1. The largest absolute Gasteiger partial charge is 0.478 e. The van der Waals surface area contributed by atoms with Crippen molar-refractivity contribution in [1.82, 2.24) is 15.3 Å². The third-order valence-corrected chi connectivity index (χ3v) is 7.93. The number of hydrogen-bond donors (Lipinski definition) is 10. The van der Waals surface area contributed by atoms with Crippen LogP contribution in [0, 0.1) is 5.92 Å². The Kier molecular flexibility index (Phi) is 14.5. The lowest BCUT2D eigenvalue weighted by Gasteiger charge is -2.25. The van der Waals surface area contributed by atoms with Gasteiger partial charge < -0.3 is 51.4 Å². The summed E-state index contributed by atoms with van der Waals surface area (Å²) in [5, 5.41) is 68.8. The molecule has 4 rings (SSSR count). The highest BCUT2D eigenvalue weighted by Gasteiger charge is 2.29. The van der Waals surface area contributed by atoms with Gasteiger partial charge in [-0.1, -0.05) is 68.9 Å². The minimum Gasteiger partial charge on any atom is -0.478 e. The number of aliphatic hydroxyl groups is 5. The van der Waals surface area contributed by atoms with Crippen molar-refractivity contribution in [2.24, 2.45) is 5.92 Å². The third-order valence-electron chi connectivity index (χ3n) is 7.93. The number of nitrogens with one attached hydrogen (secondary N) is 3. The van der Waals surface area contributed by atoms with Gasteiger partial charge >= 0.3 is 11.9 Å². The Morgan fingerprint density at radius 1 is 0.872 bits per heavy atom. The van der Waals surface area contributed by atoms with Gasteiger partial charge in [-0.3, -0.25) is 4.79 Å². The van der Waals surface area contributed by atoms with Gasteiger partial charge in [-0.25, -0.2) is 14.6 Å². The lowest BCUT2D eigenvalue weighted by molar-refractivity contribution is -0.113. The van der Waals surface area contributed by atoms with Crippen molar-refractivity contribution in [2.75, 3.05) is 25.5 Å². The molecule has 0 aliphatic heterocycles. The molecule has 256 valence electrons. The number of carbonyl (C=O) groups excluding carboxylic acids is 1. The molecule has 0 saturated heterocycles. The number of carboxylic acid groups (broad SMARTS) is 2. The predicted octanol–water partition coefficient (Wildman–Crippen LogP) is 1.88. The number of aromatic carboxylic acids is 2. The number of carboxylic acids is 2. The minimum atomic E-state index is -1.55. The number of H-pyrrole nitrogens is 1. The minimum absolute atomic E-state index is 0.0898. The highest BCUT2D eigenvalue weighted by Crippen LogP contribution is 2.28. The fraction of sp³-hybridized carbons (Fsp3) is 0.455. The van der Waals surface area contributed by atoms with Crippen molar-refractivity contribution < 1.29 is 50.1 Å². The van der Waals surface area contributed by atoms with Crippen molar-refractivity contribution >= 4 is 23.5 Å².